The van der Waals surface area contributed by atoms with Gasteiger partial charge in [-0.1, -0.05) is 31.2 Å². The number of ether oxygens (including phenoxy) is 2. The molecule has 0 aliphatic carbocycles. The summed E-state index contributed by atoms with van der Waals surface area (Å²) in [5.41, 5.74) is 4.65. The van der Waals surface area contributed by atoms with E-state index in [0.29, 0.717) is 0 Å². The zero-order valence-corrected chi connectivity index (χ0v) is 13.2. The molecule has 0 aliphatic rings. The molecule has 2 rings (SSSR count). The molecule has 0 saturated carbocycles. The Morgan fingerprint density at radius 3 is 2.19 bits per heavy atom. The van der Waals surface area contributed by atoms with Gasteiger partial charge in [-0.05, 0) is 42.3 Å². The van der Waals surface area contributed by atoms with Gasteiger partial charge < -0.3 is 14.8 Å². The Labute approximate surface area is 126 Å². The Balaban J connectivity index is 2.47. The molecule has 3 nitrogen and oxygen atoms in total. The SMILES string of the molecule is CCNCc1ccc(-c2c(OC)cccc2OC)c(C)c1. The molecule has 0 saturated heterocycles. The van der Waals surface area contributed by atoms with Crippen molar-refractivity contribution in [1.29, 1.82) is 0 Å². The third-order valence-electron chi connectivity index (χ3n) is 3.57. The van der Waals surface area contributed by atoms with Crippen LogP contribution in [0.25, 0.3) is 11.1 Å². The molecular formula is C18H23NO2. The molecule has 0 aromatic heterocycles. The number of rotatable bonds is 6. The normalized spacial score (nSPS) is 10.5. The van der Waals surface area contributed by atoms with Gasteiger partial charge in [0.05, 0.1) is 19.8 Å². The van der Waals surface area contributed by atoms with Crippen LogP contribution in [-0.2, 0) is 6.54 Å². The lowest BCUT2D eigenvalue weighted by Crippen LogP contribution is -2.11. The van der Waals surface area contributed by atoms with Gasteiger partial charge in [-0.2, -0.15) is 0 Å². The molecule has 2 aromatic carbocycles. The maximum Gasteiger partial charge on any atom is 0.130 e. The highest BCUT2D eigenvalue weighted by atomic mass is 16.5. The summed E-state index contributed by atoms with van der Waals surface area (Å²) in [6.07, 6.45) is 0. The maximum atomic E-state index is 5.50. The van der Waals surface area contributed by atoms with Gasteiger partial charge in [0.1, 0.15) is 11.5 Å². The predicted molar refractivity (Wildman–Crippen MR) is 87.1 cm³/mol. The molecule has 0 heterocycles. The molecule has 112 valence electrons. The van der Waals surface area contributed by atoms with E-state index in [2.05, 4.69) is 37.4 Å². The minimum Gasteiger partial charge on any atom is -0.496 e. The van der Waals surface area contributed by atoms with E-state index in [1.165, 1.54) is 11.1 Å². The fourth-order valence-electron chi connectivity index (χ4n) is 2.50. The average molecular weight is 285 g/mol. The Bertz CT molecular complexity index is 586. The fourth-order valence-corrected chi connectivity index (χ4v) is 2.50. The highest BCUT2D eigenvalue weighted by Gasteiger charge is 2.14. The molecule has 0 bridgehead atoms. The maximum absolute atomic E-state index is 5.50. The molecule has 0 atom stereocenters. The van der Waals surface area contributed by atoms with Crippen LogP contribution in [0.3, 0.4) is 0 Å². The van der Waals surface area contributed by atoms with Crippen LogP contribution in [0.5, 0.6) is 11.5 Å². The van der Waals surface area contributed by atoms with Crippen LogP contribution in [0.4, 0.5) is 0 Å². The third kappa shape index (κ3) is 3.37. The minimum absolute atomic E-state index is 0.830. The number of benzene rings is 2. The van der Waals surface area contributed by atoms with Crippen molar-refractivity contribution >= 4 is 0 Å². The Morgan fingerprint density at radius 1 is 1.00 bits per heavy atom. The second-order valence-electron chi connectivity index (χ2n) is 4.97. The summed E-state index contributed by atoms with van der Waals surface area (Å²) >= 11 is 0. The number of hydrogen-bond donors (Lipinski definition) is 1. The first kappa shape index (κ1) is 15.4. The Hall–Kier alpha value is -2.00. The number of hydrogen-bond acceptors (Lipinski definition) is 3. The number of aryl methyl sites for hydroxylation is 1. The molecule has 0 fully saturated rings. The molecule has 0 amide bonds. The second kappa shape index (κ2) is 7.14. The van der Waals surface area contributed by atoms with Crippen LogP contribution in [0, 0.1) is 6.92 Å². The number of nitrogens with one attached hydrogen (secondary N) is 1. The molecule has 3 heteroatoms. The molecule has 2 aromatic rings. The van der Waals surface area contributed by atoms with E-state index >= 15 is 0 Å². The first-order valence-corrected chi connectivity index (χ1v) is 7.22. The van der Waals surface area contributed by atoms with Crippen molar-refractivity contribution in [3.8, 4) is 22.6 Å². The predicted octanol–water partition coefficient (Wildman–Crippen LogP) is 3.79. The van der Waals surface area contributed by atoms with Crippen molar-refractivity contribution in [3.05, 3.63) is 47.5 Å². The van der Waals surface area contributed by atoms with Gasteiger partial charge in [0, 0.05) is 6.54 Å². The smallest absolute Gasteiger partial charge is 0.130 e. The van der Waals surface area contributed by atoms with Crippen LogP contribution in [0.15, 0.2) is 36.4 Å². The van der Waals surface area contributed by atoms with Crippen LogP contribution in [0.2, 0.25) is 0 Å². The van der Waals surface area contributed by atoms with E-state index in [1.807, 2.05) is 18.2 Å². The van der Waals surface area contributed by atoms with Crippen molar-refractivity contribution in [1.82, 2.24) is 5.32 Å². The van der Waals surface area contributed by atoms with E-state index in [4.69, 9.17) is 9.47 Å². The van der Waals surface area contributed by atoms with E-state index in [-0.39, 0.29) is 0 Å². The molecule has 0 radical (unpaired) electrons. The lowest BCUT2D eigenvalue weighted by molar-refractivity contribution is 0.397. The van der Waals surface area contributed by atoms with Gasteiger partial charge in [-0.25, -0.2) is 0 Å². The largest absolute Gasteiger partial charge is 0.496 e. The van der Waals surface area contributed by atoms with E-state index in [9.17, 15) is 0 Å². The van der Waals surface area contributed by atoms with E-state index < -0.39 is 0 Å². The summed E-state index contributed by atoms with van der Waals surface area (Å²) in [4.78, 5) is 0. The van der Waals surface area contributed by atoms with Crippen molar-refractivity contribution in [2.24, 2.45) is 0 Å². The van der Waals surface area contributed by atoms with Crippen LogP contribution in [-0.4, -0.2) is 20.8 Å². The number of methoxy groups -OCH3 is 2. The molecule has 0 spiro atoms. The van der Waals surface area contributed by atoms with Gasteiger partial charge >= 0.3 is 0 Å². The van der Waals surface area contributed by atoms with Crippen LogP contribution >= 0.6 is 0 Å². The summed E-state index contributed by atoms with van der Waals surface area (Å²) in [6, 6.07) is 12.4. The summed E-state index contributed by atoms with van der Waals surface area (Å²) in [6.45, 7) is 6.10. The molecular weight excluding hydrogens is 262 g/mol. The van der Waals surface area contributed by atoms with Gasteiger partial charge in [-0.3, -0.25) is 0 Å². The Morgan fingerprint density at radius 2 is 1.67 bits per heavy atom. The first-order valence-electron chi connectivity index (χ1n) is 7.22. The second-order valence-corrected chi connectivity index (χ2v) is 4.97. The molecule has 21 heavy (non-hydrogen) atoms. The standard InChI is InChI=1S/C18H23NO2/c1-5-19-12-14-9-10-15(13(2)11-14)18-16(20-3)7-6-8-17(18)21-4/h6-11,19H,5,12H2,1-4H3. The quantitative estimate of drug-likeness (QED) is 0.876. The zero-order chi connectivity index (χ0) is 15.2. The van der Waals surface area contributed by atoms with Crippen molar-refractivity contribution in [2.45, 2.75) is 20.4 Å². The third-order valence-corrected chi connectivity index (χ3v) is 3.57. The summed E-state index contributed by atoms with van der Waals surface area (Å²) in [7, 11) is 3.38. The molecule has 0 unspecified atom stereocenters. The van der Waals surface area contributed by atoms with Crippen molar-refractivity contribution in [2.75, 3.05) is 20.8 Å². The summed E-state index contributed by atoms with van der Waals surface area (Å²) in [5, 5.41) is 3.35. The van der Waals surface area contributed by atoms with E-state index in [0.717, 1.165) is 35.7 Å². The van der Waals surface area contributed by atoms with Gasteiger partial charge in [0.25, 0.3) is 0 Å². The van der Waals surface area contributed by atoms with Gasteiger partial charge in [-0.15, -0.1) is 0 Å². The first-order chi connectivity index (χ1) is 10.2. The fraction of sp³-hybridized carbons (Fsp3) is 0.333. The average Bonchev–Trinajstić information content (AvgIpc) is 2.52. The monoisotopic (exact) mass is 285 g/mol. The minimum atomic E-state index is 0.830. The van der Waals surface area contributed by atoms with Gasteiger partial charge in [0.15, 0.2) is 0 Å². The van der Waals surface area contributed by atoms with Crippen molar-refractivity contribution < 1.29 is 9.47 Å². The van der Waals surface area contributed by atoms with Crippen LogP contribution < -0.4 is 14.8 Å². The van der Waals surface area contributed by atoms with Crippen molar-refractivity contribution in [3.63, 3.8) is 0 Å². The summed E-state index contributed by atoms with van der Waals surface area (Å²) in [5.74, 6) is 1.66. The topological polar surface area (TPSA) is 30.5 Å². The van der Waals surface area contributed by atoms with E-state index in [1.54, 1.807) is 14.2 Å². The lowest BCUT2D eigenvalue weighted by Gasteiger charge is -2.16. The Kier molecular flexibility index (Phi) is 5.23. The lowest BCUT2D eigenvalue weighted by atomic mass is 9.96. The van der Waals surface area contributed by atoms with Crippen LogP contribution in [0.1, 0.15) is 18.1 Å². The summed E-state index contributed by atoms with van der Waals surface area (Å²) < 4.78 is 11.0. The molecule has 0 aliphatic heterocycles. The zero-order valence-electron chi connectivity index (χ0n) is 13.2. The molecule has 1 N–H and O–H groups in total. The highest BCUT2D eigenvalue weighted by molar-refractivity contribution is 5.79. The highest BCUT2D eigenvalue weighted by Crippen LogP contribution is 2.39. The van der Waals surface area contributed by atoms with Gasteiger partial charge in [0.2, 0.25) is 0 Å².